The van der Waals surface area contributed by atoms with Crippen LogP contribution in [-0.2, 0) is 13.0 Å². The summed E-state index contributed by atoms with van der Waals surface area (Å²) in [6.07, 6.45) is 1.97. The number of nitrogens with zero attached hydrogens (tertiary/aromatic N) is 1. The highest BCUT2D eigenvalue weighted by Gasteiger charge is 2.19. The second-order valence-electron chi connectivity index (χ2n) is 5.13. The van der Waals surface area contributed by atoms with Crippen molar-refractivity contribution in [2.45, 2.75) is 19.4 Å². The summed E-state index contributed by atoms with van der Waals surface area (Å²) in [7, 11) is 0. The van der Waals surface area contributed by atoms with Crippen molar-refractivity contribution in [2.24, 2.45) is 0 Å². The number of rotatable bonds is 2. The molecule has 1 aliphatic rings. The first-order valence-electron chi connectivity index (χ1n) is 6.71. The van der Waals surface area contributed by atoms with Gasteiger partial charge in [0.25, 0.3) is 0 Å². The Labute approximate surface area is 116 Å². The van der Waals surface area contributed by atoms with Gasteiger partial charge in [-0.15, -0.1) is 0 Å². The van der Waals surface area contributed by atoms with Gasteiger partial charge in [-0.1, -0.05) is 12.1 Å². The molecule has 0 saturated heterocycles. The van der Waals surface area contributed by atoms with Crippen LogP contribution in [0.5, 0.6) is 0 Å². The largest absolute Gasteiger partial charge is 0.399 e. The molecule has 20 heavy (non-hydrogen) atoms. The van der Waals surface area contributed by atoms with Crippen molar-refractivity contribution in [1.82, 2.24) is 0 Å². The molecular formula is C16H16F2N2. The maximum atomic E-state index is 13.8. The fourth-order valence-corrected chi connectivity index (χ4v) is 2.74. The summed E-state index contributed by atoms with van der Waals surface area (Å²) in [5, 5.41) is 0. The van der Waals surface area contributed by atoms with Gasteiger partial charge in [0.1, 0.15) is 0 Å². The van der Waals surface area contributed by atoms with Gasteiger partial charge in [0.05, 0.1) is 0 Å². The molecule has 2 aromatic rings. The minimum atomic E-state index is -0.794. The average Bonchev–Trinajstić information content (AvgIpc) is 2.44. The molecule has 0 saturated carbocycles. The lowest BCUT2D eigenvalue weighted by Crippen LogP contribution is -2.29. The Kier molecular flexibility index (Phi) is 3.30. The molecule has 1 heterocycles. The van der Waals surface area contributed by atoms with E-state index in [2.05, 4.69) is 4.90 Å². The first kappa shape index (κ1) is 12.9. The normalized spacial score (nSPS) is 14.2. The van der Waals surface area contributed by atoms with Crippen LogP contribution in [0.25, 0.3) is 0 Å². The number of anilines is 2. The van der Waals surface area contributed by atoms with E-state index in [9.17, 15) is 8.78 Å². The summed E-state index contributed by atoms with van der Waals surface area (Å²) < 4.78 is 27.0. The number of benzene rings is 2. The number of nitrogen functional groups attached to an aromatic ring is 1. The van der Waals surface area contributed by atoms with Crippen molar-refractivity contribution in [2.75, 3.05) is 17.2 Å². The van der Waals surface area contributed by atoms with Crippen LogP contribution < -0.4 is 10.6 Å². The van der Waals surface area contributed by atoms with Gasteiger partial charge >= 0.3 is 0 Å². The standard InChI is InChI=1S/C16H16F2N2/c17-14-5-1-3-12(16(14)18)10-20-8-2-4-11-9-13(19)6-7-15(11)20/h1,3,5-7,9H,2,4,8,10,19H2. The van der Waals surface area contributed by atoms with Crippen LogP contribution in [0.3, 0.4) is 0 Å². The predicted molar refractivity (Wildman–Crippen MR) is 76.6 cm³/mol. The molecule has 0 amide bonds. The van der Waals surface area contributed by atoms with Crippen molar-refractivity contribution in [3.8, 4) is 0 Å². The molecule has 0 aromatic heterocycles. The maximum absolute atomic E-state index is 13.8. The highest BCUT2D eigenvalue weighted by Crippen LogP contribution is 2.30. The van der Waals surface area contributed by atoms with Crippen LogP contribution in [0.4, 0.5) is 20.2 Å². The summed E-state index contributed by atoms with van der Waals surface area (Å²) in [5.74, 6) is -1.55. The van der Waals surface area contributed by atoms with Gasteiger partial charge in [0.2, 0.25) is 0 Å². The molecule has 2 nitrogen and oxygen atoms in total. The molecule has 104 valence electrons. The van der Waals surface area contributed by atoms with Gasteiger partial charge in [-0.25, -0.2) is 8.78 Å². The Bertz CT molecular complexity index is 640. The summed E-state index contributed by atoms with van der Waals surface area (Å²) in [6.45, 7) is 1.22. The minimum Gasteiger partial charge on any atom is -0.399 e. The van der Waals surface area contributed by atoms with E-state index in [4.69, 9.17) is 5.73 Å². The lowest BCUT2D eigenvalue weighted by molar-refractivity contribution is 0.496. The third-order valence-corrected chi connectivity index (χ3v) is 3.71. The van der Waals surface area contributed by atoms with E-state index in [0.29, 0.717) is 12.1 Å². The summed E-state index contributed by atoms with van der Waals surface area (Å²) in [4.78, 5) is 2.08. The summed E-state index contributed by atoms with van der Waals surface area (Å²) in [5.41, 5.74) is 9.16. The number of halogens is 2. The van der Waals surface area contributed by atoms with Crippen molar-refractivity contribution in [3.05, 3.63) is 59.2 Å². The number of nitrogens with two attached hydrogens (primary N) is 1. The fourth-order valence-electron chi connectivity index (χ4n) is 2.74. The summed E-state index contributed by atoms with van der Waals surface area (Å²) in [6, 6.07) is 10.1. The van der Waals surface area contributed by atoms with Crippen molar-refractivity contribution in [1.29, 1.82) is 0 Å². The molecule has 0 spiro atoms. The summed E-state index contributed by atoms with van der Waals surface area (Å²) >= 11 is 0. The van der Waals surface area contributed by atoms with E-state index in [1.54, 1.807) is 12.1 Å². The molecule has 2 N–H and O–H groups in total. The number of aryl methyl sites for hydroxylation is 1. The Morgan fingerprint density at radius 3 is 2.85 bits per heavy atom. The number of hydrogen-bond donors (Lipinski definition) is 1. The predicted octanol–water partition coefficient (Wildman–Crippen LogP) is 3.50. The molecule has 4 heteroatoms. The molecule has 0 atom stereocenters. The molecule has 0 radical (unpaired) electrons. The van der Waals surface area contributed by atoms with Gasteiger partial charge in [0, 0.05) is 30.0 Å². The van der Waals surface area contributed by atoms with Crippen LogP contribution in [0.1, 0.15) is 17.5 Å². The van der Waals surface area contributed by atoms with E-state index >= 15 is 0 Å². The van der Waals surface area contributed by atoms with Crippen LogP contribution in [0.2, 0.25) is 0 Å². The molecule has 1 aliphatic heterocycles. The van der Waals surface area contributed by atoms with Gasteiger partial charge < -0.3 is 10.6 Å². The Hall–Kier alpha value is -2.10. The number of fused-ring (bicyclic) bond motifs is 1. The average molecular weight is 274 g/mol. The molecule has 0 aliphatic carbocycles. The second-order valence-corrected chi connectivity index (χ2v) is 5.13. The molecular weight excluding hydrogens is 258 g/mol. The monoisotopic (exact) mass is 274 g/mol. The zero-order valence-corrected chi connectivity index (χ0v) is 11.1. The van der Waals surface area contributed by atoms with E-state index < -0.39 is 11.6 Å². The Morgan fingerprint density at radius 2 is 2.00 bits per heavy atom. The first-order chi connectivity index (χ1) is 9.65. The van der Waals surface area contributed by atoms with Crippen LogP contribution in [0, 0.1) is 11.6 Å². The minimum absolute atomic E-state index is 0.376. The molecule has 2 aromatic carbocycles. The lowest BCUT2D eigenvalue weighted by atomic mass is 10.0. The van der Waals surface area contributed by atoms with Gasteiger partial charge in [0.15, 0.2) is 11.6 Å². The maximum Gasteiger partial charge on any atom is 0.163 e. The van der Waals surface area contributed by atoms with Crippen LogP contribution >= 0.6 is 0 Å². The molecule has 0 unspecified atom stereocenters. The second kappa shape index (κ2) is 5.12. The zero-order chi connectivity index (χ0) is 14.1. The van der Waals surface area contributed by atoms with E-state index in [-0.39, 0.29) is 0 Å². The Balaban J connectivity index is 1.91. The molecule has 0 bridgehead atoms. The van der Waals surface area contributed by atoms with E-state index in [0.717, 1.165) is 36.8 Å². The zero-order valence-electron chi connectivity index (χ0n) is 11.1. The van der Waals surface area contributed by atoms with E-state index in [1.165, 1.54) is 5.56 Å². The quantitative estimate of drug-likeness (QED) is 0.849. The third kappa shape index (κ3) is 2.33. The first-order valence-corrected chi connectivity index (χ1v) is 6.71. The highest BCUT2D eigenvalue weighted by molar-refractivity contribution is 5.61. The van der Waals surface area contributed by atoms with Crippen molar-refractivity contribution < 1.29 is 8.78 Å². The SMILES string of the molecule is Nc1ccc2c(c1)CCCN2Cc1cccc(F)c1F. The highest BCUT2D eigenvalue weighted by atomic mass is 19.2. The molecule has 0 fully saturated rings. The van der Waals surface area contributed by atoms with Crippen LogP contribution in [-0.4, -0.2) is 6.54 Å². The Morgan fingerprint density at radius 1 is 1.15 bits per heavy atom. The fraction of sp³-hybridized carbons (Fsp3) is 0.250. The number of hydrogen-bond acceptors (Lipinski definition) is 2. The van der Waals surface area contributed by atoms with Gasteiger partial charge in [-0.05, 0) is 42.7 Å². The lowest BCUT2D eigenvalue weighted by Gasteiger charge is -2.31. The smallest absolute Gasteiger partial charge is 0.163 e. The van der Waals surface area contributed by atoms with E-state index in [1.807, 2.05) is 18.2 Å². The van der Waals surface area contributed by atoms with Gasteiger partial charge in [-0.3, -0.25) is 0 Å². The van der Waals surface area contributed by atoms with Gasteiger partial charge in [-0.2, -0.15) is 0 Å². The van der Waals surface area contributed by atoms with Crippen molar-refractivity contribution >= 4 is 11.4 Å². The molecule has 3 rings (SSSR count). The van der Waals surface area contributed by atoms with Crippen LogP contribution in [0.15, 0.2) is 36.4 Å². The third-order valence-electron chi connectivity index (χ3n) is 3.71. The topological polar surface area (TPSA) is 29.3 Å². The van der Waals surface area contributed by atoms with Crippen molar-refractivity contribution in [3.63, 3.8) is 0 Å².